The minimum atomic E-state index is -0.173. The number of rotatable bonds is 25. The highest BCUT2D eigenvalue weighted by Gasteiger charge is 2.23. The lowest BCUT2D eigenvalue weighted by Crippen LogP contribution is -2.46. The van der Waals surface area contributed by atoms with Crippen LogP contribution in [0.5, 0.6) is 5.75 Å². The lowest BCUT2D eigenvalue weighted by atomic mass is 10.0. The van der Waals surface area contributed by atoms with Crippen molar-refractivity contribution in [3.63, 3.8) is 0 Å². The SMILES string of the molecule is CCCCC(CC)COc1cc(N(CC(=O)N(CCCC)CCCC)CC(=O)N(CCCC)CCCC)ccc1NC(C)=O. The van der Waals surface area contributed by atoms with Crippen molar-refractivity contribution in [2.45, 2.75) is 126 Å². The third kappa shape index (κ3) is 15.3. The minimum Gasteiger partial charge on any atom is -0.491 e. The number of hydrogen-bond acceptors (Lipinski definition) is 5. The van der Waals surface area contributed by atoms with E-state index in [2.05, 4.69) is 46.9 Å². The first kappa shape index (κ1) is 39.3. The number of unbranched alkanes of at least 4 members (excludes halogenated alkanes) is 5. The molecule has 0 aliphatic rings. The summed E-state index contributed by atoms with van der Waals surface area (Å²) in [7, 11) is 0. The molecule has 0 bridgehead atoms. The summed E-state index contributed by atoms with van der Waals surface area (Å²) in [5.74, 6) is 0.882. The number of hydrogen-bond donors (Lipinski definition) is 1. The maximum Gasteiger partial charge on any atom is 0.242 e. The fourth-order valence-corrected chi connectivity index (χ4v) is 5.11. The summed E-state index contributed by atoms with van der Waals surface area (Å²) < 4.78 is 6.36. The monoisotopic (exact) mass is 616 g/mol. The van der Waals surface area contributed by atoms with Gasteiger partial charge >= 0.3 is 0 Å². The van der Waals surface area contributed by atoms with Gasteiger partial charge in [0.15, 0.2) is 0 Å². The Morgan fingerprint density at radius 3 is 1.61 bits per heavy atom. The molecule has 0 spiro atoms. The summed E-state index contributed by atoms with van der Waals surface area (Å²) in [5.41, 5.74) is 1.35. The van der Waals surface area contributed by atoms with E-state index in [-0.39, 0.29) is 30.8 Å². The average molecular weight is 617 g/mol. The van der Waals surface area contributed by atoms with Crippen LogP contribution in [0.15, 0.2) is 18.2 Å². The molecule has 0 aliphatic carbocycles. The Morgan fingerprint density at radius 2 is 1.20 bits per heavy atom. The third-order valence-electron chi connectivity index (χ3n) is 8.14. The summed E-state index contributed by atoms with van der Waals surface area (Å²) >= 11 is 0. The van der Waals surface area contributed by atoms with Crippen LogP contribution < -0.4 is 15.0 Å². The van der Waals surface area contributed by atoms with E-state index in [0.29, 0.717) is 24.0 Å². The zero-order valence-corrected chi connectivity index (χ0v) is 29.2. The number of nitrogens with one attached hydrogen (secondary N) is 1. The molecule has 1 atom stereocenters. The largest absolute Gasteiger partial charge is 0.491 e. The molecule has 1 N–H and O–H groups in total. The number of anilines is 2. The van der Waals surface area contributed by atoms with Crippen LogP contribution in [0.25, 0.3) is 0 Å². The molecule has 3 amide bonds. The van der Waals surface area contributed by atoms with E-state index in [1.165, 1.54) is 6.92 Å². The zero-order valence-electron chi connectivity index (χ0n) is 29.2. The molecule has 8 heteroatoms. The molecule has 252 valence electrons. The average Bonchev–Trinajstić information content (AvgIpc) is 3.01. The summed E-state index contributed by atoms with van der Waals surface area (Å²) in [6.07, 6.45) is 12.3. The zero-order chi connectivity index (χ0) is 32.7. The molecule has 0 heterocycles. The van der Waals surface area contributed by atoms with Gasteiger partial charge in [0, 0.05) is 44.9 Å². The van der Waals surface area contributed by atoms with Crippen molar-refractivity contribution < 1.29 is 19.1 Å². The fraction of sp³-hybridized carbons (Fsp3) is 0.750. The molecule has 0 aliphatic heterocycles. The molecule has 1 rings (SSSR count). The third-order valence-corrected chi connectivity index (χ3v) is 8.14. The molecule has 1 aromatic rings. The summed E-state index contributed by atoms with van der Waals surface area (Å²) in [6, 6.07) is 5.61. The fourth-order valence-electron chi connectivity index (χ4n) is 5.11. The highest BCUT2D eigenvalue weighted by atomic mass is 16.5. The molecule has 0 saturated heterocycles. The quantitative estimate of drug-likeness (QED) is 0.121. The van der Waals surface area contributed by atoms with E-state index in [0.717, 1.165) is 109 Å². The normalized spacial score (nSPS) is 11.6. The van der Waals surface area contributed by atoms with Crippen molar-refractivity contribution in [2.24, 2.45) is 5.92 Å². The molecule has 1 aromatic carbocycles. The van der Waals surface area contributed by atoms with E-state index in [4.69, 9.17) is 4.74 Å². The Hall–Kier alpha value is -2.77. The first-order valence-corrected chi connectivity index (χ1v) is 17.6. The second kappa shape index (κ2) is 23.6. The molecule has 0 saturated carbocycles. The van der Waals surface area contributed by atoms with Crippen molar-refractivity contribution in [2.75, 3.05) is 56.1 Å². The van der Waals surface area contributed by atoms with Gasteiger partial charge in [-0.05, 0) is 50.2 Å². The first-order chi connectivity index (χ1) is 21.2. The molecule has 8 nitrogen and oxygen atoms in total. The lowest BCUT2D eigenvalue weighted by Gasteiger charge is -2.31. The smallest absolute Gasteiger partial charge is 0.242 e. The summed E-state index contributed by atoms with van der Waals surface area (Å²) in [6.45, 7) is 18.1. The van der Waals surface area contributed by atoms with E-state index in [1.54, 1.807) is 0 Å². The van der Waals surface area contributed by atoms with Crippen molar-refractivity contribution in [1.29, 1.82) is 0 Å². The van der Waals surface area contributed by atoms with Crippen LogP contribution in [0.2, 0.25) is 0 Å². The van der Waals surface area contributed by atoms with Gasteiger partial charge in [-0.3, -0.25) is 14.4 Å². The van der Waals surface area contributed by atoms with E-state index in [9.17, 15) is 14.4 Å². The van der Waals surface area contributed by atoms with E-state index < -0.39 is 0 Å². The molecule has 0 fully saturated rings. The second-order valence-electron chi connectivity index (χ2n) is 12.1. The van der Waals surface area contributed by atoms with Crippen molar-refractivity contribution in [3.05, 3.63) is 18.2 Å². The van der Waals surface area contributed by atoms with Crippen LogP contribution >= 0.6 is 0 Å². The lowest BCUT2D eigenvalue weighted by molar-refractivity contribution is -0.131. The highest BCUT2D eigenvalue weighted by Crippen LogP contribution is 2.31. The molecular weight excluding hydrogens is 552 g/mol. The first-order valence-electron chi connectivity index (χ1n) is 17.6. The predicted molar refractivity (Wildman–Crippen MR) is 185 cm³/mol. The van der Waals surface area contributed by atoms with Crippen LogP contribution in [0.3, 0.4) is 0 Å². The van der Waals surface area contributed by atoms with Crippen LogP contribution in [-0.2, 0) is 14.4 Å². The van der Waals surface area contributed by atoms with Gasteiger partial charge in [0.1, 0.15) is 5.75 Å². The van der Waals surface area contributed by atoms with Gasteiger partial charge in [-0.15, -0.1) is 0 Å². The van der Waals surface area contributed by atoms with Crippen LogP contribution in [0, 0.1) is 5.92 Å². The molecule has 44 heavy (non-hydrogen) atoms. The van der Waals surface area contributed by atoms with Crippen LogP contribution in [-0.4, -0.2) is 73.4 Å². The van der Waals surface area contributed by atoms with Crippen molar-refractivity contribution >= 4 is 29.1 Å². The summed E-state index contributed by atoms with van der Waals surface area (Å²) in [5, 5.41) is 2.90. The van der Waals surface area contributed by atoms with Gasteiger partial charge in [-0.25, -0.2) is 0 Å². The second-order valence-corrected chi connectivity index (χ2v) is 12.1. The minimum absolute atomic E-state index is 0.0346. The van der Waals surface area contributed by atoms with Gasteiger partial charge in [0.05, 0.1) is 25.4 Å². The Labute approximate surface area is 269 Å². The van der Waals surface area contributed by atoms with E-state index >= 15 is 0 Å². The molecule has 0 radical (unpaired) electrons. The van der Waals surface area contributed by atoms with Gasteiger partial charge in [-0.2, -0.15) is 0 Å². The molecule has 0 aromatic heterocycles. The standard InChI is InChI=1S/C36H64N4O4/c1-8-14-19-31(13-6)29-44-34-26-32(20-21-33(34)37-30(7)41)40(27-35(42)38(22-15-9-2)23-16-10-3)28-36(43)39(24-17-11-4)25-18-12-5/h20-21,26,31H,8-19,22-25,27-29H2,1-7H3,(H,37,41). The Bertz CT molecular complexity index is 904. The van der Waals surface area contributed by atoms with E-state index in [1.807, 2.05) is 32.9 Å². The van der Waals surface area contributed by atoms with Gasteiger partial charge in [-0.1, -0.05) is 86.5 Å². The molecule has 1 unspecified atom stereocenters. The summed E-state index contributed by atoms with van der Waals surface area (Å²) in [4.78, 5) is 45.4. The Kier molecular flexibility index (Phi) is 21.0. The number of carbonyl (C=O) groups excluding carboxylic acids is 3. The maximum absolute atomic E-state index is 13.8. The van der Waals surface area contributed by atoms with Crippen LogP contribution in [0.1, 0.15) is 126 Å². The maximum atomic E-state index is 13.8. The number of nitrogens with zero attached hydrogens (tertiary/aromatic N) is 3. The molecular formula is C36H64N4O4. The topological polar surface area (TPSA) is 82.2 Å². The number of amides is 3. The van der Waals surface area contributed by atoms with Crippen molar-refractivity contribution in [3.8, 4) is 5.75 Å². The van der Waals surface area contributed by atoms with Crippen LogP contribution in [0.4, 0.5) is 11.4 Å². The predicted octanol–water partition coefficient (Wildman–Crippen LogP) is 7.90. The van der Waals surface area contributed by atoms with Gasteiger partial charge < -0.3 is 24.8 Å². The van der Waals surface area contributed by atoms with Crippen molar-refractivity contribution in [1.82, 2.24) is 9.80 Å². The number of carbonyl (C=O) groups is 3. The number of ether oxygens (including phenoxy) is 1. The number of benzene rings is 1. The highest BCUT2D eigenvalue weighted by molar-refractivity contribution is 5.91. The Balaban J connectivity index is 3.45. The van der Waals surface area contributed by atoms with Gasteiger partial charge in [0.25, 0.3) is 0 Å². The Morgan fingerprint density at radius 1 is 0.727 bits per heavy atom. The van der Waals surface area contributed by atoms with Gasteiger partial charge in [0.2, 0.25) is 17.7 Å².